The lowest BCUT2D eigenvalue weighted by atomic mass is 9.88. The van der Waals surface area contributed by atoms with Crippen molar-refractivity contribution in [3.63, 3.8) is 0 Å². The van der Waals surface area contributed by atoms with Gasteiger partial charge in [0.25, 0.3) is 0 Å². The van der Waals surface area contributed by atoms with Crippen molar-refractivity contribution >= 4 is 11.9 Å². The summed E-state index contributed by atoms with van der Waals surface area (Å²) in [7, 11) is 0. The number of carbonyl (C=O) groups is 2. The van der Waals surface area contributed by atoms with Crippen LogP contribution in [0.3, 0.4) is 0 Å². The zero-order chi connectivity index (χ0) is 37.7. The number of rotatable bonds is 40. The van der Waals surface area contributed by atoms with Gasteiger partial charge in [-0.1, -0.05) is 169 Å². The highest BCUT2D eigenvalue weighted by molar-refractivity contribution is 5.69. The van der Waals surface area contributed by atoms with E-state index >= 15 is 0 Å². The van der Waals surface area contributed by atoms with E-state index in [1.165, 1.54) is 128 Å². The van der Waals surface area contributed by atoms with E-state index in [9.17, 15) is 14.7 Å². The molecule has 0 atom stereocenters. The van der Waals surface area contributed by atoms with Crippen LogP contribution in [0, 0.1) is 11.3 Å². The SMILES string of the molecule is CCCCCCCCCOC(=O)CCCCCCCN(CCCO)CCCCCC(C)(C)COC(=O)CCC(CCCCCC)CCCCCC. The van der Waals surface area contributed by atoms with Crippen LogP contribution in [0.1, 0.15) is 227 Å². The van der Waals surface area contributed by atoms with Crippen LogP contribution in [0.25, 0.3) is 0 Å². The summed E-state index contributed by atoms with van der Waals surface area (Å²) < 4.78 is 11.2. The molecular weight excluding hydrogens is 634 g/mol. The summed E-state index contributed by atoms with van der Waals surface area (Å²) in [6, 6.07) is 0. The van der Waals surface area contributed by atoms with Gasteiger partial charge in [0, 0.05) is 26.0 Å². The van der Waals surface area contributed by atoms with Crippen LogP contribution in [0.4, 0.5) is 0 Å². The fraction of sp³-hybridized carbons (Fsp3) is 0.956. The molecule has 0 heterocycles. The number of carbonyl (C=O) groups excluding carboxylic acids is 2. The van der Waals surface area contributed by atoms with Gasteiger partial charge in [0.05, 0.1) is 13.2 Å². The van der Waals surface area contributed by atoms with Crippen LogP contribution < -0.4 is 0 Å². The lowest BCUT2D eigenvalue weighted by molar-refractivity contribution is -0.147. The summed E-state index contributed by atoms with van der Waals surface area (Å²) >= 11 is 0. The highest BCUT2D eigenvalue weighted by atomic mass is 16.5. The van der Waals surface area contributed by atoms with Crippen molar-refractivity contribution in [3.05, 3.63) is 0 Å². The molecular formula is C45H89NO5. The molecule has 0 aliphatic carbocycles. The fourth-order valence-electron chi connectivity index (χ4n) is 7.09. The number of ether oxygens (including phenoxy) is 2. The van der Waals surface area contributed by atoms with E-state index in [0.717, 1.165) is 71.0 Å². The number of unbranched alkanes of at least 4 members (excludes halogenated alkanes) is 18. The number of nitrogens with zero attached hydrogens (tertiary/aromatic N) is 1. The van der Waals surface area contributed by atoms with Crippen LogP contribution in [-0.2, 0) is 19.1 Å². The fourth-order valence-corrected chi connectivity index (χ4v) is 7.09. The lowest BCUT2D eigenvalue weighted by Crippen LogP contribution is -2.28. The summed E-state index contributed by atoms with van der Waals surface area (Å²) in [6.45, 7) is 15.7. The minimum Gasteiger partial charge on any atom is -0.466 e. The Morgan fingerprint density at radius 3 is 1.59 bits per heavy atom. The Balaban J connectivity index is 4.10. The molecule has 0 spiro atoms. The largest absolute Gasteiger partial charge is 0.466 e. The predicted octanol–water partition coefficient (Wildman–Crippen LogP) is 12.8. The molecule has 6 nitrogen and oxygen atoms in total. The maximum Gasteiger partial charge on any atom is 0.305 e. The van der Waals surface area contributed by atoms with E-state index in [1.807, 2.05) is 0 Å². The highest BCUT2D eigenvalue weighted by Gasteiger charge is 2.21. The van der Waals surface area contributed by atoms with E-state index in [1.54, 1.807) is 0 Å². The van der Waals surface area contributed by atoms with Crippen molar-refractivity contribution in [1.29, 1.82) is 0 Å². The third-order valence-corrected chi connectivity index (χ3v) is 10.6. The van der Waals surface area contributed by atoms with E-state index in [0.29, 0.717) is 32.0 Å². The number of esters is 2. The number of hydrogen-bond acceptors (Lipinski definition) is 6. The molecule has 0 amide bonds. The maximum absolute atomic E-state index is 12.7. The maximum atomic E-state index is 12.7. The Morgan fingerprint density at radius 2 is 1.00 bits per heavy atom. The van der Waals surface area contributed by atoms with E-state index in [4.69, 9.17) is 9.47 Å². The predicted molar refractivity (Wildman–Crippen MR) is 218 cm³/mol. The molecule has 0 unspecified atom stereocenters. The first-order chi connectivity index (χ1) is 24.8. The Bertz CT molecular complexity index is 745. The van der Waals surface area contributed by atoms with Crippen molar-refractivity contribution in [1.82, 2.24) is 4.90 Å². The molecule has 0 rings (SSSR count). The normalized spacial score (nSPS) is 11.9. The van der Waals surface area contributed by atoms with E-state index in [-0.39, 0.29) is 24.0 Å². The molecule has 304 valence electrons. The molecule has 0 saturated carbocycles. The monoisotopic (exact) mass is 724 g/mol. The second-order valence-electron chi connectivity index (χ2n) is 16.5. The summed E-state index contributed by atoms with van der Waals surface area (Å²) in [5.74, 6) is 0.634. The van der Waals surface area contributed by atoms with Gasteiger partial charge in [0.15, 0.2) is 0 Å². The number of aliphatic hydroxyl groups excluding tert-OH is 1. The van der Waals surface area contributed by atoms with Crippen LogP contribution in [0.5, 0.6) is 0 Å². The van der Waals surface area contributed by atoms with Crippen molar-refractivity contribution in [2.75, 3.05) is 39.5 Å². The molecule has 0 radical (unpaired) electrons. The zero-order valence-corrected chi connectivity index (χ0v) is 35.1. The first kappa shape index (κ1) is 49.9. The molecule has 0 aromatic heterocycles. The molecule has 0 aliphatic heterocycles. The summed E-state index contributed by atoms with van der Waals surface area (Å²) in [6.07, 6.45) is 34.7. The van der Waals surface area contributed by atoms with Crippen LogP contribution in [-0.4, -0.2) is 61.4 Å². The zero-order valence-electron chi connectivity index (χ0n) is 35.1. The van der Waals surface area contributed by atoms with Gasteiger partial charge in [-0.3, -0.25) is 9.59 Å². The Morgan fingerprint density at radius 1 is 0.529 bits per heavy atom. The van der Waals surface area contributed by atoms with Gasteiger partial charge in [0.2, 0.25) is 0 Å². The smallest absolute Gasteiger partial charge is 0.305 e. The lowest BCUT2D eigenvalue weighted by Gasteiger charge is -2.25. The quantitative estimate of drug-likeness (QED) is 0.0501. The molecule has 0 bridgehead atoms. The molecule has 0 aliphatic rings. The second kappa shape index (κ2) is 37.2. The Kier molecular flexibility index (Phi) is 36.4. The highest BCUT2D eigenvalue weighted by Crippen LogP contribution is 2.26. The van der Waals surface area contributed by atoms with Crippen molar-refractivity contribution in [3.8, 4) is 0 Å². The van der Waals surface area contributed by atoms with Gasteiger partial charge >= 0.3 is 11.9 Å². The Hall–Kier alpha value is -1.14. The molecule has 51 heavy (non-hydrogen) atoms. The molecule has 1 N–H and O–H groups in total. The van der Waals surface area contributed by atoms with Gasteiger partial charge < -0.3 is 19.5 Å². The van der Waals surface area contributed by atoms with Crippen molar-refractivity contribution < 1.29 is 24.2 Å². The van der Waals surface area contributed by atoms with E-state index in [2.05, 4.69) is 39.5 Å². The van der Waals surface area contributed by atoms with Gasteiger partial charge in [0.1, 0.15) is 0 Å². The van der Waals surface area contributed by atoms with Gasteiger partial charge in [-0.05, 0) is 69.4 Å². The Labute approximate surface area is 318 Å². The first-order valence-corrected chi connectivity index (χ1v) is 22.4. The second-order valence-corrected chi connectivity index (χ2v) is 16.5. The standard InChI is InChI=1S/C45H89NO5/c1-6-9-12-15-16-20-28-40-50-43(48)32-24-18-17-19-26-36-46(38-29-39-47)37-27-21-25-35-45(4,5)41-51-44(49)34-33-42(30-22-13-10-7-2)31-23-14-11-8-3/h42,47H,6-41H2,1-5H3. The number of aliphatic hydroxyl groups is 1. The third-order valence-electron chi connectivity index (χ3n) is 10.6. The molecule has 6 heteroatoms. The minimum atomic E-state index is -0.0270. The molecule has 0 saturated heterocycles. The summed E-state index contributed by atoms with van der Waals surface area (Å²) in [4.78, 5) is 27.2. The molecule has 0 fully saturated rings. The number of hydrogen-bond donors (Lipinski definition) is 1. The minimum absolute atomic E-state index is 0.00805. The van der Waals surface area contributed by atoms with E-state index < -0.39 is 0 Å². The van der Waals surface area contributed by atoms with Gasteiger partial charge in [-0.2, -0.15) is 0 Å². The van der Waals surface area contributed by atoms with Gasteiger partial charge in [-0.25, -0.2) is 0 Å². The average molecular weight is 724 g/mol. The van der Waals surface area contributed by atoms with Gasteiger partial charge in [-0.15, -0.1) is 0 Å². The first-order valence-electron chi connectivity index (χ1n) is 22.4. The van der Waals surface area contributed by atoms with Crippen LogP contribution >= 0.6 is 0 Å². The molecule has 0 aromatic rings. The average Bonchev–Trinajstić information content (AvgIpc) is 3.12. The summed E-state index contributed by atoms with van der Waals surface area (Å²) in [5, 5.41) is 9.40. The molecule has 0 aromatic carbocycles. The summed E-state index contributed by atoms with van der Waals surface area (Å²) in [5.41, 5.74) is 0.0101. The van der Waals surface area contributed by atoms with Crippen molar-refractivity contribution in [2.45, 2.75) is 227 Å². The van der Waals surface area contributed by atoms with Crippen LogP contribution in [0.15, 0.2) is 0 Å². The third kappa shape index (κ3) is 35.6. The topological polar surface area (TPSA) is 76.1 Å². The van der Waals surface area contributed by atoms with Crippen molar-refractivity contribution in [2.24, 2.45) is 11.3 Å². The van der Waals surface area contributed by atoms with Crippen LogP contribution in [0.2, 0.25) is 0 Å².